The quantitative estimate of drug-likeness (QED) is 0.764. The largest absolute Gasteiger partial charge is 0.481 e. The molecule has 0 saturated heterocycles. The number of carbonyl (C=O) groups excluding carboxylic acids is 1. The Bertz CT molecular complexity index is 857. The molecule has 1 N–H and O–H groups in total. The van der Waals surface area contributed by atoms with Gasteiger partial charge in [-0.15, -0.1) is 0 Å². The van der Waals surface area contributed by atoms with E-state index in [1.54, 1.807) is 6.92 Å². The van der Waals surface area contributed by atoms with Crippen LogP contribution in [0, 0.1) is 6.92 Å². The fraction of sp³-hybridized carbons (Fsp3) is 0.190. The van der Waals surface area contributed by atoms with E-state index >= 15 is 0 Å². The molecule has 0 unspecified atom stereocenters. The maximum Gasteiger partial charge on any atom is 0.261 e. The highest BCUT2D eigenvalue weighted by Gasteiger charge is 2.14. The van der Waals surface area contributed by atoms with Gasteiger partial charge in [-0.3, -0.25) is 4.79 Å². The van der Waals surface area contributed by atoms with E-state index in [2.05, 4.69) is 17.4 Å². The van der Waals surface area contributed by atoms with Crippen LogP contribution in [0.4, 0.5) is 0 Å². The Morgan fingerprint density at radius 3 is 2.58 bits per heavy atom. The lowest BCUT2D eigenvalue weighted by Crippen LogP contribution is -2.35. The van der Waals surface area contributed by atoms with Crippen LogP contribution in [0.1, 0.15) is 18.1 Å². The fourth-order valence-corrected chi connectivity index (χ4v) is 2.65. The molecule has 3 nitrogen and oxygen atoms in total. The number of nitrogens with one attached hydrogen (secondary N) is 1. The predicted octanol–water partition coefficient (Wildman–Crippen LogP) is 4.23. The molecular weight excluding hydrogens is 298 g/mol. The van der Waals surface area contributed by atoms with Crippen molar-refractivity contribution < 1.29 is 9.53 Å². The number of ether oxygens (including phenoxy) is 1. The molecule has 24 heavy (non-hydrogen) atoms. The van der Waals surface area contributed by atoms with Crippen molar-refractivity contribution in [2.45, 2.75) is 26.5 Å². The molecule has 3 heteroatoms. The molecule has 0 aromatic heterocycles. The van der Waals surface area contributed by atoms with Crippen molar-refractivity contribution in [1.82, 2.24) is 5.32 Å². The Labute approximate surface area is 142 Å². The monoisotopic (exact) mass is 319 g/mol. The van der Waals surface area contributed by atoms with Crippen LogP contribution < -0.4 is 10.1 Å². The van der Waals surface area contributed by atoms with E-state index in [1.165, 1.54) is 5.56 Å². The molecule has 0 heterocycles. The molecule has 0 radical (unpaired) electrons. The lowest BCUT2D eigenvalue weighted by atomic mass is 10.1. The summed E-state index contributed by atoms with van der Waals surface area (Å²) in [6.45, 7) is 4.31. The minimum atomic E-state index is -0.545. The van der Waals surface area contributed by atoms with Gasteiger partial charge in [0.1, 0.15) is 5.75 Å². The molecule has 3 rings (SSSR count). The normalized spacial score (nSPS) is 11.9. The first-order valence-electron chi connectivity index (χ1n) is 8.10. The SMILES string of the molecule is Cc1cccc(CNC(=O)[C@H](C)Oc2ccc3ccccc3c2)c1. The van der Waals surface area contributed by atoms with Gasteiger partial charge >= 0.3 is 0 Å². The molecular formula is C21H21NO2. The van der Waals surface area contributed by atoms with Crippen LogP contribution in [-0.4, -0.2) is 12.0 Å². The van der Waals surface area contributed by atoms with E-state index in [4.69, 9.17) is 4.74 Å². The van der Waals surface area contributed by atoms with Crippen LogP contribution in [0.2, 0.25) is 0 Å². The van der Waals surface area contributed by atoms with Gasteiger partial charge in [-0.05, 0) is 42.3 Å². The average molecular weight is 319 g/mol. The highest BCUT2D eigenvalue weighted by atomic mass is 16.5. The van der Waals surface area contributed by atoms with Crippen LogP contribution in [0.25, 0.3) is 10.8 Å². The van der Waals surface area contributed by atoms with Crippen molar-refractivity contribution in [3.8, 4) is 5.75 Å². The highest BCUT2D eigenvalue weighted by molar-refractivity contribution is 5.84. The van der Waals surface area contributed by atoms with Gasteiger partial charge < -0.3 is 10.1 Å². The summed E-state index contributed by atoms with van der Waals surface area (Å²) in [5, 5.41) is 5.17. The molecule has 0 saturated carbocycles. The van der Waals surface area contributed by atoms with E-state index in [0.29, 0.717) is 12.3 Å². The van der Waals surface area contributed by atoms with Crippen LogP contribution in [-0.2, 0) is 11.3 Å². The zero-order chi connectivity index (χ0) is 16.9. The molecule has 3 aromatic rings. The Balaban J connectivity index is 1.60. The van der Waals surface area contributed by atoms with E-state index in [9.17, 15) is 4.79 Å². The second kappa shape index (κ2) is 7.18. The standard InChI is InChI=1S/C21H21NO2/c1-15-6-5-7-17(12-15)14-22-21(23)16(2)24-20-11-10-18-8-3-4-9-19(18)13-20/h3-13,16H,14H2,1-2H3,(H,22,23)/t16-/m0/s1. The van der Waals surface area contributed by atoms with Gasteiger partial charge in [0.2, 0.25) is 0 Å². The molecule has 0 aliphatic carbocycles. The highest BCUT2D eigenvalue weighted by Crippen LogP contribution is 2.21. The van der Waals surface area contributed by atoms with Crippen LogP contribution in [0.15, 0.2) is 66.7 Å². The molecule has 0 fully saturated rings. The summed E-state index contributed by atoms with van der Waals surface area (Å²) in [6.07, 6.45) is -0.545. The number of hydrogen-bond acceptors (Lipinski definition) is 2. The molecule has 122 valence electrons. The van der Waals surface area contributed by atoms with Crippen molar-refractivity contribution in [2.24, 2.45) is 0 Å². The van der Waals surface area contributed by atoms with Gasteiger partial charge in [-0.2, -0.15) is 0 Å². The van der Waals surface area contributed by atoms with Gasteiger partial charge in [0.25, 0.3) is 5.91 Å². The minimum Gasteiger partial charge on any atom is -0.481 e. The van der Waals surface area contributed by atoms with Gasteiger partial charge in [0.05, 0.1) is 0 Å². The molecule has 0 aliphatic heterocycles. The summed E-state index contributed by atoms with van der Waals surface area (Å²) < 4.78 is 5.78. The van der Waals surface area contributed by atoms with Gasteiger partial charge in [-0.25, -0.2) is 0 Å². The van der Waals surface area contributed by atoms with E-state index in [1.807, 2.05) is 61.5 Å². The van der Waals surface area contributed by atoms with Crippen molar-refractivity contribution in [2.75, 3.05) is 0 Å². The first kappa shape index (κ1) is 16.1. The lowest BCUT2D eigenvalue weighted by molar-refractivity contribution is -0.127. The molecule has 0 aliphatic rings. The van der Waals surface area contributed by atoms with Crippen molar-refractivity contribution in [1.29, 1.82) is 0 Å². The third kappa shape index (κ3) is 3.93. The predicted molar refractivity (Wildman–Crippen MR) is 97.1 cm³/mol. The average Bonchev–Trinajstić information content (AvgIpc) is 2.59. The number of hydrogen-bond donors (Lipinski definition) is 1. The first-order chi connectivity index (χ1) is 11.6. The molecule has 1 atom stereocenters. The van der Waals surface area contributed by atoms with Gasteiger partial charge in [-0.1, -0.05) is 60.2 Å². The number of benzene rings is 3. The molecule has 1 amide bonds. The fourth-order valence-electron chi connectivity index (χ4n) is 2.65. The summed E-state index contributed by atoms with van der Waals surface area (Å²) in [5.74, 6) is 0.580. The Morgan fingerprint density at radius 2 is 1.79 bits per heavy atom. The number of fused-ring (bicyclic) bond motifs is 1. The second-order valence-corrected chi connectivity index (χ2v) is 5.98. The maximum absolute atomic E-state index is 12.2. The second-order valence-electron chi connectivity index (χ2n) is 5.98. The van der Waals surface area contributed by atoms with E-state index in [-0.39, 0.29) is 5.91 Å². The van der Waals surface area contributed by atoms with Gasteiger partial charge in [0.15, 0.2) is 6.10 Å². The van der Waals surface area contributed by atoms with E-state index in [0.717, 1.165) is 16.3 Å². The number of aryl methyl sites for hydroxylation is 1. The number of amides is 1. The zero-order valence-corrected chi connectivity index (χ0v) is 14.0. The van der Waals surface area contributed by atoms with Crippen molar-refractivity contribution >= 4 is 16.7 Å². The first-order valence-corrected chi connectivity index (χ1v) is 8.10. The Kier molecular flexibility index (Phi) is 4.80. The molecule has 0 spiro atoms. The third-order valence-corrected chi connectivity index (χ3v) is 3.95. The summed E-state index contributed by atoms with van der Waals surface area (Å²) in [4.78, 5) is 12.2. The summed E-state index contributed by atoms with van der Waals surface area (Å²) in [7, 11) is 0. The summed E-state index contributed by atoms with van der Waals surface area (Å²) >= 11 is 0. The minimum absolute atomic E-state index is 0.121. The third-order valence-electron chi connectivity index (χ3n) is 3.95. The smallest absolute Gasteiger partial charge is 0.261 e. The van der Waals surface area contributed by atoms with Crippen LogP contribution in [0.3, 0.4) is 0 Å². The zero-order valence-electron chi connectivity index (χ0n) is 14.0. The maximum atomic E-state index is 12.2. The molecule has 0 bridgehead atoms. The van der Waals surface area contributed by atoms with Gasteiger partial charge in [0, 0.05) is 6.54 Å². The topological polar surface area (TPSA) is 38.3 Å². The Morgan fingerprint density at radius 1 is 1.00 bits per heavy atom. The van der Waals surface area contributed by atoms with Crippen molar-refractivity contribution in [3.63, 3.8) is 0 Å². The Hall–Kier alpha value is -2.81. The van der Waals surface area contributed by atoms with Crippen LogP contribution >= 0.6 is 0 Å². The summed E-state index contributed by atoms with van der Waals surface area (Å²) in [5.41, 5.74) is 2.27. The van der Waals surface area contributed by atoms with Crippen LogP contribution in [0.5, 0.6) is 5.75 Å². The summed E-state index contributed by atoms with van der Waals surface area (Å²) in [6, 6.07) is 22.0. The van der Waals surface area contributed by atoms with Crippen molar-refractivity contribution in [3.05, 3.63) is 77.9 Å². The molecule has 3 aromatic carbocycles. The number of carbonyl (C=O) groups is 1. The van der Waals surface area contributed by atoms with E-state index < -0.39 is 6.10 Å². The lowest BCUT2D eigenvalue weighted by Gasteiger charge is -2.15. The number of rotatable bonds is 5.